The fraction of sp³-hybridized carbons (Fsp3) is 0.500. The van der Waals surface area contributed by atoms with Crippen LogP contribution in [-0.4, -0.2) is 68.5 Å². The number of amides is 1. The normalized spacial score (nSPS) is 25.9. The molecule has 1 amide bonds. The molecule has 0 radical (unpaired) electrons. The number of methoxy groups -OCH3 is 2. The largest absolute Gasteiger partial charge is 0.493 e. The molecule has 25 heavy (non-hydrogen) atoms. The highest BCUT2D eigenvalue weighted by atomic mass is 32.2. The van der Waals surface area contributed by atoms with E-state index in [0.717, 1.165) is 5.56 Å². The maximum atomic E-state index is 12.3. The van der Waals surface area contributed by atoms with E-state index in [4.69, 9.17) is 9.47 Å². The Hall–Kier alpha value is -1.74. The number of rotatable bonds is 4. The highest BCUT2D eigenvalue weighted by Gasteiger charge is 2.47. The molecule has 0 saturated carbocycles. The van der Waals surface area contributed by atoms with Crippen LogP contribution in [0.2, 0.25) is 0 Å². The topological polar surface area (TPSA) is 85.3 Å². The van der Waals surface area contributed by atoms with Crippen LogP contribution in [0.1, 0.15) is 5.56 Å². The lowest BCUT2D eigenvalue weighted by molar-refractivity contribution is -0.117. The highest BCUT2D eigenvalue weighted by molar-refractivity contribution is 8.15. The Bertz CT molecular complexity index is 822. The number of hydrogen-bond donors (Lipinski definition) is 0. The van der Waals surface area contributed by atoms with Gasteiger partial charge in [-0.05, 0) is 17.7 Å². The number of ether oxygens (including phenoxy) is 2. The van der Waals surface area contributed by atoms with E-state index in [2.05, 4.69) is 4.99 Å². The van der Waals surface area contributed by atoms with Gasteiger partial charge in [-0.2, -0.15) is 4.99 Å². The van der Waals surface area contributed by atoms with Crippen molar-refractivity contribution in [1.82, 2.24) is 4.90 Å². The number of amidine groups is 1. The number of hydrogen-bond acceptors (Lipinski definition) is 6. The molecule has 0 bridgehead atoms. The van der Waals surface area contributed by atoms with Crippen LogP contribution in [0.4, 0.5) is 0 Å². The van der Waals surface area contributed by atoms with Crippen LogP contribution in [0, 0.1) is 0 Å². The molecular weight excluding hydrogens is 364 g/mol. The molecule has 2 atom stereocenters. The van der Waals surface area contributed by atoms with Crippen LogP contribution in [-0.2, 0) is 21.1 Å². The van der Waals surface area contributed by atoms with Crippen molar-refractivity contribution in [2.24, 2.45) is 4.99 Å². The molecule has 0 aromatic heterocycles. The van der Waals surface area contributed by atoms with E-state index in [1.807, 2.05) is 4.90 Å². The van der Waals surface area contributed by atoms with Crippen molar-refractivity contribution < 1.29 is 22.7 Å². The van der Waals surface area contributed by atoms with E-state index in [9.17, 15) is 13.2 Å². The molecule has 0 spiro atoms. The highest BCUT2D eigenvalue weighted by Crippen LogP contribution is 2.37. The molecule has 0 N–H and O–H groups in total. The van der Waals surface area contributed by atoms with Gasteiger partial charge in [0.05, 0.1) is 38.2 Å². The second kappa shape index (κ2) is 6.87. The number of carbonyl (C=O) groups is 1. The van der Waals surface area contributed by atoms with Crippen LogP contribution >= 0.6 is 11.8 Å². The molecule has 1 aromatic rings. The molecule has 1 aromatic carbocycles. The molecule has 0 aliphatic carbocycles. The summed E-state index contributed by atoms with van der Waals surface area (Å²) >= 11 is 1.38. The quantitative estimate of drug-likeness (QED) is 0.765. The van der Waals surface area contributed by atoms with Gasteiger partial charge in [-0.25, -0.2) is 8.42 Å². The van der Waals surface area contributed by atoms with Gasteiger partial charge in [0, 0.05) is 12.3 Å². The Morgan fingerprint density at radius 3 is 2.64 bits per heavy atom. The van der Waals surface area contributed by atoms with Crippen LogP contribution in [0.25, 0.3) is 0 Å². The predicted molar refractivity (Wildman–Crippen MR) is 97.3 cm³/mol. The Balaban J connectivity index is 1.70. The number of fused-ring (bicyclic) bond motifs is 1. The summed E-state index contributed by atoms with van der Waals surface area (Å²) in [6.07, 6.45) is 0.145. The Morgan fingerprint density at radius 1 is 1.28 bits per heavy atom. The molecule has 2 aliphatic heterocycles. The number of benzene rings is 1. The van der Waals surface area contributed by atoms with Crippen molar-refractivity contribution in [3.63, 3.8) is 0 Å². The van der Waals surface area contributed by atoms with Crippen LogP contribution in [0.3, 0.4) is 0 Å². The van der Waals surface area contributed by atoms with Crippen molar-refractivity contribution in [3.05, 3.63) is 23.8 Å². The standard InChI is InChI=1S/C16H20N2O5S2/c1-18-11-8-25(20,21)9-14(11)24-16(18)17-15(19)7-10-4-5-12(22-2)13(6-10)23-3/h4-6,11,14H,7-9H2,1-3H3/t11-,14+/m0/s1. The van der Waals surface area contributed by atoms with Gasteiger partial charge in [0.1, 0.15) is 0 Å². The maximum absolute atomic E-state index is 12.3. The smallest absolute Gasteiger partial charge is 0.252 e. The summed E-state index contributed by atoms with van der Waals surface area (Å²) in [5.74, 6) is 1.17. The lowest BCUT2D eigenvalue weighted by atomic mass is 10.1. The van der Waals surface area contributed by atoms with Crippen molar-refractivity contribution in [1.29, 1.82) is 0 Å². The van der Waals surface area contributed by atoms with E-state index in [1.54, 1.807) is 39.5 Å². The first-order chi connectivity index (χ1) is 11.8. The Labute approximate surface area is 151 Å². The van der Waals surface area contributed by atoms with Gasteiger partial charge >= 0.3 is 0 Å². The second-order valence-corrected chi connectivity index (χ2v) is 9.43. The van der Waals surface area contributed by atoms with Gasteiger partial charge in [-0.1, -0.05) is 17.8 Å². The van der Waals surface area contributed by atoms with Gasteiger partial charge in [0.15, 0.2) is 26.5 Å². The molecule has 2 saturated heterocycles. The number of nitrogens with zero attached hydrogens (tertiary/aromatic N) is 2. The fourth-order valence-electron chi connectivity index (χ4n) is 3.05. The predicted octanol–water partition coefficient (Wildman–Crippen LogP) is 0.973. The van der Waals surface area contributed by atoms with E-state index < -0.39 is 9.84 Å². The zero-order chi connectivity index (χ0) is 18.2. The lowest BCUT2D eigenvalue weighted by Gasteiger charge is -2.17. The third kappa shape index (κ3) is 3.77. The molecular formula is C16H20N2O5S2. The number of aliphatic imine (C=N–C) groups is 1. The average Bonchev–Trinajstić information content (AvgIpc) is 3.00. The van der Waals surface area contributed by atoms with E-state index in [1.165, 1.54) is 11.8 Å². The Morgan fingerprint density at radius 2 is 2.00 bits per heavy atom. The minimum absolute atomic E-state index is 0.0392. The van der Waals surface area contributed by atoms with E-state index in [0.29, 0.717) is 16.7 Å². The molecule has 7 nitrogen and oxygen atoms in total. The first-order valence-electron chi connectivity index (χ1n) is 7.75. The van der Waals surface area contributed by atoms with Crippen molar-refractivity contribution >= 4 is 32.7 Å². The molecule has 0 unspecified atom stereocenters. The first-order valence-corrected chi connectivity index (χ1v) is 10.5. The lowest BCUT2D eigenvalue weighted by Crippen LogP contribution is -2.34. The SMILES string of the molecule is COc1ccc(CC(=O)N=C2S[C@@H]3CS(=O)(=O)C[C@@H]3N2C)cc1OC. The zero-order valence-electron chi connectivity index (χ0n) is 14.3. The molecule has 2 aliphatic rings. The van der Waals surface area contributed by atoms with Gasteiger partial charge in [-0.15, -0.1) is 0 Å². The summed E-state index contributed by atoms with van der Waals surface area (Å²) in [5.41, 5.74) is 0.778. The summed E-state index contributed by atoms with van der Waals surface area (Å²) in [7, 11) is 1.91. The van der Waals surface area contributed by atoms with E-state index >= 15 is 0 Å². The third-order valence-corrected chi connectivity index (χ3v) is 7.65. The van der Waals surface area contributed by atoms with Crippen LogP contribution in [0.5, 0.6) is 11.5 Å². The minimum Gasteiger partial charge on any atom is -0.493 e. The van der Waals surface area contributed by atoms with Gasteiger partial charge in [0.25, 0.3) is 5.91 Å². The summed E-state index contributed by atoms with van der Waals surface area (Å²) in [6, 6.07) is 5.21. The third-order valence-electron chi connectivity index (χ3n) is 4.35. The zero-order valence-corrected chi connectivity index (χ0v) is 15.9. The summed E-state index contributed by atoms with van der Waals surface area (Å²) in [5, 5.41) is 0.554. The first kappa shape index (κ1) is 18.1. The monoisotopic (exact) mass is 384 g/mol. The minimum atomic E-state index is -2.98. The molecule has 9 heteroatoms. The Kier molecular flexibility index (Phi) is 4.97. The van der Waals surface area contributed by atoms with Crippen molar-refractivity contribution in [3.8, 4) is 11.5 Å². The summed E-state index contributed by atoms with van der Waals surface area (Å²) < 4.78 is 33.8. The van der Waals surface area contributed by atoms with E-state index in [-0.39, 0.29) is 35.1 Å². The summed E-state index contributed by atoms with van der Waals surface area (Å²) in [4.78, 5) is 18.3. The van der Waals surface area contributed by atoms with Crippen LogP contribution < -0.4 is 9.47 Å². The van der Waals surface area contributed by atoms with Crippen molar-refractivity contribution in [2.75, 3.05) is 32.8 Å². The number of sulfone groups is 1. The molecule has 136 valence electrons. The van der Waals surface area contributed by atoms with Gasteiger partial charge in [0.2, 0.25) is 0 Å². The summed E-state index contributed by atoms with van der Waals surface area (Å²) in [6.45, 7) is 0. The number of thioether (sulfide) groups is 1. The van der Waals surface area contributed by atoms with Gasteiger partial charge in [-0.3, -0.25) is 4.79 Å². The second-order valence-electron chi connectivity index (χ2n) is 6.07. The molecule has 2 fully saturated rings. The number of carbonyl (C=O) groups excluding carboxylic acids is 1. The molecule has 2 heterocycles. The van der Waals surface area contributed by atoms with Crippen molar-refractivity contribution in [2.45, 2.75) is 17.7 Å². The maximum Gasteiger partial charge on any atom is 0.252 e. The fourth-order valence-corrected chi connectivity index (χ4v) is 7.06. The molecule has 3 rings (SSSR count). The average molecular weight is 384 g/mol. The van der Waals surface area contributed by atoms with Crippen LogP contribution in [0.15, 0.2) is 23.2 Å². The van der Waals surface area contributed by atoms with Gasteiger partial charge < -0.3 is 14.4 Å².